The Kier molecular flexibility index (Phi) is 6.16. The van der Waals surface area contributed by atoms with Crippen LogP contribution in [0.1, 0.15) is 17.3 Å². The molecule has 0 aliphatic heterocycles. The second-order valence-electron chi connectivity index (χ2n) is 4.46. The summed E-state index contributed by atoms with van der Waals surface area (Å²) in [5.41, 5.74) is 0.0850. The van der Waals surface area contributed by atoms with Gasteiger partial charge >= 0.3 is 12.0 Å². The number of carboxylic acids is 1. The number of carbonyl (C=O) groups excluding carboxylic acids is 1. The van der Waals surface area contributed by atoms with Gasteiger partial charge in [0, 0.05) is 28.9 Å². The standard InChI is InChI=1S/C13H18N2O5S/c1-8(7-21(3)19)14-13(18)15-11-5-4-9(20-2)6-10(11)12(16)17/h4-6,8H,7H2,1-3H3,(H,16,17)(H2,14,15,18). The molecule has 0 saturated carbocycles. The van der Waals surface area contributed by atoms with Crippen LogP contribution in [-0.4, -0.2) is 46.5 Å². The molecule has 1 aromatic rings. The van der Waals surface area contributed by atoms with Crippen LogP contribution in [-0.2, 0) is 10.8 Å². The van der Waals surface area contributed by atoms with Gasteiger partial charge in [0.1, 0.15) is 5.75 Å². The predicted molar refractivity (Wildman–Crippen MR) is 80.5 cm³/mol. The molecule has 2 atom stereocenters. The maximum absolute atomic E-state index is 11.8. The van der Waals surface area contributed by atoms with Crippen LogP contribution in [0.5, 0.6) is 5.75 Å². The van der Waals surface area contributed by atoms with Gasteiger partial charge in [-0.05, 0) is 25.1 Å². The number of rotatable bonds is 6. The lowest BCUT2D eigenvalue weighted by Crippen LogP contribution is -2.39. The molecular formula is C13H18N2O5S. The number of hydrogen-bond acceptors (Lipinski definition) is 4. The first-order valence-electron chi connectivity index (χ1n) is 6.12. The summed E-state index contributed by atoms with van der Waals surface area (Å²) in [7, 11) is 0.396. The number of urea groups is 1. The van der Waals surface area contributed by atoms with Gasteiger partial charge in [0.25, 0.3) is 0 Å². The van der Waals surface area contributed by atoms with Crippen LogP contribution in [0.25, 0.3) is 0 Å². The summed E-state index contributed by atoms with van der Waals surface area (Å²) in [5.74, 6) is -0.470. The van der Waals surface area contributed by atoms with Gasteiger partial charge in [0.05, 0.1) is 18.4 Å². The molecule has 0 spiro atoms. The van der Waals surface area contributed by atoms with E-state index in [0.717, 1.165) is 0 Å². The Hall–Kier alpha value is -2.09. The van der Waals surface area contributed by atoms with E-state index in [9.17, 15) is 13.8 Å². The maximum atomic E-state index is 11.8. The van der Waals surface area contributed by atoms with E-state index in [1.54, 1.807) is 19.2 Å². The van der Waals surface area contributed by atoms with Crippen LogP contribution in [0, 0.1) is 0 Å². The second kappa shape index (κ2) is 7.63. The number of methoxy groups -OCH3 is 1. The Morgan fingerprint density at radius 1 is 1.43 bits per heavy atom. The van der Waals surface area contributed by atoms with Gasteiger partial charge in [-0.25, -0.2) is 9.59 Å². The highest BCUT2D eigenvalue weighted by Crippen LogP contribution is 2.22. The number of carbonyl (C=O) groups is 2. The highest BCUT2D eigenvalue weighted by molar-refractivity contribution is 7.84. The van der Waals surface area contributed by atoms with Crippen LogP contribution in [0.4, 0.5) is 10.5 Å². The number of nitrogens with one attached hydrogen (secondary N) is 2. The molecule has 0 aliphatic rings. The monoisotopic (exact) mass is 314 g/mol. The number of amides is 2. The van der Waals surface area contributed by atoms with Crippen LogP contribution >= 0.6 is 0 Å². The summed E-state index contributed by atoms with van der Waals surface area (Å²) in [6.45, 7) is 1.72. The molecule has 0 bridgehead atoms. The molecule has 0 aromatic heterocycles. The molecule has 0 saturated heterocycles. The fraction of sp³-hybridized carbons (Fsp3) is 0.385. The minimum atomic E-state index is -1.17. The molecule has 116 valence electrons. The van der Waals surface area contributed by atoms with Gasteiger partial charge in [-0.2, -0.15) is 0 Å². The van der Waals surface area contributed by atoms with Crippen LogP contribution in [0.15, 0.2) is 18.2 Å². The van der Waals surface area contributed by atoms with Crippen molar-refractivity contribution >= 4 is 28.5 Å². The average Bonchev–Trinajstić information content (AvgIpc) is 2.37. The van der Waals surface area contributed by atoms with Crippen molar-refractivity contribution in [3.05, 3.63) is 23.8 Å². The summed E-state index contributed by atoms with van der Waals surface area (Å²) in [6.07, 6.45) is 1.54. The zero-order valence-corrected chi connectivity index (χ0v) is 12.8. The third-order valence-electron chi connectivity index (χ3n) is 2.57. The first-order chi connectivity index (χ1) is 9.83. The predicted octanol–water partition coefficient (Wildman–Crippen LogP) is 1.28. The van der Waals surface area contributed by atoms with Gasteiger partial charge < -0.3 is 20.5 Å². The summed E-state index contributed by atoms with van der Waals surface area (Å²) in [5, 5.41) is 14.2. The zero-order valence-electron chi connectivity index (χ0n) is 12.0. The summed E-state index contributed by atoms with van der Waals surface area (Å²) >= 11 is 0. The first kappa shape index (κ1) is 17.0. The minimum absolute atomic E-state index is 0.0729. The first-order valence-corrected chi connectivity index (χ1v) is 7.85. The van der Waals surface area contributed by atoms with E-state index in [1.807, 2.05) is 0 Å². The number of benzene rings is 1. The highest BCUT2D eigenvalue weighted by Gasteiger charge is 2.15. The van der Waals surface area contributed by atoms with Gasteiger partial charge in [0.2, 0.25) is 0 Å². The molecule has 1 aromatic carbocycles. The fourth-order valence-electron chi connectivity index (χ4n) is 1.71. The van der Waals surface area contributed by atoms with E-state index in [1.165, 1.54) is 19.2 Å². The largest absolute Gasteiger partial charge is 0.497 e. The van der Waals surface area contributed by atoms with Crippen molar-refractivity contribution in [2.24, 2.45) is 0 Å². The molecule has 2 amide bonds. The molecular weight excluding hydrogens is 296 g/mol. The number of carboxylic acid groups (broad SMARTS) is 1. The van der Waals surface area contributed by atoms with Crippen molar-refractivity contribution in [2.45, 2.75) is 13.0 Å². The molecule has 2 unspecified atom stereocenters. The third kappa shape index (κ3) is 5.42. The lowest BCUT2D eigenvalue weighted by Gasteiger charge is -2.14. The van der Waals surface area contributed by atoms with Crippen molar-refractivity contribution in [2.75, 3.05) is 24.4 Å². The Morgan fingerprint density at radius 2 is 2.10 bits per heavy atom. The van der Waals surface area contributed by atoms with Crippen molar-refractivity contribution in [3.63, 3.8) is 0 Å². The lowest BCUT2D eigenvalue weighted by molar-refractivity contribution is 0.0697. The summed E-state index contributed by atoms with van der Waals surface area (Å²) < 4.78 is 16.0. The summed E-state index contributed by atoms with van der Waals surface area (Å²) in [4.78, 5) is 23.0. The van der Waals surface area contributed by atoms with Gasteiger partial charge in [-0.3, -0.25) is 4.21 Å². The normalized spacial score (nSPS) is 13.1. The number of anilines is 1. The molecule has 7 nitrogen and oxygen atoms in total. The Morgan fingerprint density at radius 3 is 2.62 bits per heavy atom. The van der Waals surface area contributed by atoms with Gasteiger partial charge in [-0.1, -0.05) is 0 Å². The molecule has 1 rings (SSSR count). The number of aromatic carboxylic acids is 1. The Labute approximate surface area is 125 Å². The van der Waals surface area contributed by atoms with Crippen molar-refractivity contribution in [3.8, 4) is 5.75 Å². The minimum Gasteiger partial charge on any atom is -0.497 e. The van der Waals surface area contributed by atoms with E-state index < -0.39 is 22.8 Å². The average molecular weight is 314 g/mol. The number of hydrogen-bond donors (Lipinski definition) is 3. The van der Waals surface area contributed by atoms with Crippen LogP contribution < -0.4 is 15.4 Å². The molecule has 0 aliphatic carbocycles. The van der Waals surface area contributed by atoms with Gasteiger partial charge in [-0.15, -0.1) is 0 Å². The quantitative estimate of drug-likeness (QED) is 0.733. The summed E-state index contributed by atoms with van der Waals surface area (Å²) in [6, 6.07) is 3.47. The SMILES string of the molecule is COc1ccc(NC(=O)NC(C)CS(C)=O)c(C(=O)O)c1. The van der Waals surface area contributed by atoms with E-state index >= 15 is 0 Å². The molecule has 8 heteroatoms. The van der Waals surface area contributed by atoms with E-state index in [0.29, 0.717) is 11.5 Å². The van der Waals surface area contributed by atoms with Crippen LogP contribution in [0.2, 0.25) is 0 Å². The smallest absolute Gasteiger partial charge is 0.337 e. The molecule has 0 heterocycles. The van der Waals surface area contributed by atoms with Crippen molar-refractivity contribution in [1.82, 2.24) is 5.32 Å². The molecule has 0 radical (unpaired) electrons. The van der Waals surface area contributed by atoms with Crippen molar-refractivity contribution in [1.29, 1.82) is 0 Å². The van der Waals surface area contributed by atoms with Gasteiger partial charge in [0.15, 0.2) is 0 Å². The van der Waals surface area contributed by atoms with Crippen LogP contribution in [0.3, 0.4) is 0 Å². The van der Waals surface area contributed by atoms with E-state index in [-0.39, 0.29) is 17.3 Å². The maximum Gasteiger partial charge on any atom is 0.337 e. The van der Waals surface area contributed by atoms with Crippen molar-refractivity contribution < 1.29 is 23.6 Å². The van der Waals surface area contributed by atoms with E-state index in [2.05, 4.69) is 10.6 Å². The molecule has 0 fully saturated rings. The topological polar surface area (TPSA) is 105 Å². The molecule has 3 N–H and O–H groups in total. The number of ether oxygens (including phenoxy) is 1. The lowest BCUT2D eigenvalue weighted by atomic mass is 10.1. The third-order valence-corrected chi connectivity index (χ3v) is 3.54. The Balaban J connectivity index is 2.80. The second-order valence-corrected chi connectivity index (χ2v) is 5.94. The fourth-order valence-corrected chi connectivity index (χ4v) is 2.50. The molecule has 21 heavy (non-hydrogen) atoms. The zero-order chi connectivity index (χ0) is 16.0. The highest BCUT2D eigenvalue weighted by atomic mass is 32.2. The Bertz CT molecular complexity index is 561. The van der Waals surface area contributed by atoms with E-state index in [4.69, 9.17) is 9.84 Å².